The van der Waals surface area contributed by atoms with E-state index in [-0.39, 0.29) is 5.75 Å². The third kappa shape index (κ3) is 2.40. The zero-order chi connectivity index (χ0) is 13.2. The molecule has 0 spiro atoms. The average molecular weight is 253 g/mol. The van der Waals surface area contributed by atoms with Crippen molar-refractivity contribution in [2.45, 2.75) is 13.5 Å². The lowest BCUT2D eigenvalue weighted by Crippen LogP contribution is -1.99. The van der Waals surface area contributed by atoms with Crippen molar-refractivity contribution < 1.29 is 9.52 Å². The predicted octanol–water partition coefficient (Wildman–Crippen LogP) is 4.06. The van der Waals surface area contributed by atoms with Crippen molar-refractivity contribution in [2.75, 3.05) is 5.32 Å². The zero-order valence-corrected chi connectivity index (χ0v) is 10.7. The molecule has 3 aromatic rings. The lowest BCUT2D eigenvalue weighted by molar-refractivity contribution is 0.475. The number of phenols is 1. The number of para-hydroxylation sites is 1. The van der Waals surface area contributed by atoms with E-state index in [0.717, 1.165) is 28.0 Å². The van der Waals surface area contributed by atoms with Gasteiger partial charge in [-0.25, -0.2) is 0 Å². The van der Waals surface area contributed by atoms with Crippen molar-refractivity contribution in [1.29, 1.82) is 0 Å². The van der Waals surface area contributed by atoms with Gasteiger partial charge in [-0.15, -0.1) is 0 Å². The summed E-state index contributed by atoms with van der Waals surface area (Å²) < 4.78 is 5.74. The third-order valence-corrected chi connectivity index (χ3v) is 3.14. The molecule has 0 bridgehead atoms. The van der Waals surface area contributed by atoms with E-state index < -0.39 is 0 Å². The number of nitrogens with one attached hydrogen (secondary N) is 1. The highest BCUT2D eigenvalue weighted by atomic mass is 16.3. The second-order valence-electron chi connectivity index (χ2n) is 4.60. The van der Waals surface area contributed by atoms with Crippen LogP contribution in [0.4, 0.5) is 5.69 Å². The van der Waals surface area contributed by atoms with Crippen molar-refractivity contribution in [3.8, 4) is 5.75 Å². The summed E-state index contributed by atoms with van der Waals surface area (Å²) in [4.78, 5) is 0. The van der Waals surface area contributed by atoms with E-state index in [1.165, 1.54) is 0 Å². The van der Waals surface area contributed by atoms with Crippen LogP contribution in [0.2, 0.25) is 0 Å². The van der Waals surface area contributed by atoms with Gasteiger partial charge >= 0.3 is 0 Å². The summed E-state index contributed by atoms with van der Waals surface area (Å²) >= 11 is 0. The molecule has 0 radical (unpaired) electrons. The van der Waals surface area contributed by atoms with Crippen LogP contribution >= 0.6 is 0 Å². The summed E-state index contributed by atoms with van der Waals surface area (Å²) in [6.45, 7) is 2.58. The van der Waals surface area contributed by atoms with E-state index in [0.29, 0.717) is 6.54 Å². The molecule has 2 aromatic carbocycles. The largest absolute Gasteiger partial charge is 0.508 e. The molecule has 0 unspecified atom stereocenters. The van der Waals surface area contributed by atoms with Crippen LogP contribution in [0.3, 0.4) is 0 Å². The fraction of sp³-hybridized carbons (Fsp3) is 0.125. The van der Waals surface area contributed by atoms with E-state index >= 15 is 0 Å². The zero-order valence-electron chi connectivity index (χ0n) is 10.7. The molecule has 3 nitrogen and oxygen atoms in total. The van der Waals surface area contributed by atoms with Gasteiger partial charge in [-0.1, -0.05) is 18.2 Å². The monoisotopic (exact) mass is 253 g/mol. The molecule has 19 heavy (non-hydrogen) atoms. The number of fused-ring (bicyclic) bond motifs is 1. The number of anilines is 1. The van der Waals surface area contributed by atoms with Gasteiger partial charge in [-0.05, 0) is 42.8 Å². The Morgan fingerprint density at radius 3 is 2.74 bits per heavy atom. The van der Waals surface area contributed by atoms with Crippen molar-refractivity contribution in [2.24, 2.45) is 0 Å². The number of aryl methyl sites for hydroxylation is 1. The van der Waals surface area contributed by atoms with Crippen molar-refractivity contribution >= 4 is 16.7 Å². The molecule has 96 valence electrons. The van der Waals surface area contributed by atoms with Crippen LogP contribution in [0.15, 0.2) is 52.9 Å². The number of rotatable bonds is 3. The molecule has 0 aliphatic heterocycles. The first-order valence-corrected chi connectivity index (χ1v) is 6.23. The first-order chi connectivity index (χ1) is 9.22. The molecular formula is C16H15NO2. The molecule has 1 heterocycles. The molecule has 0 saturated carbocycles. The number of furan rings is 1. The lowest BCUT2D eigenvalue weighted by Gasteiger charge is -2.08. The van der Waals surface area contributed by atoms with E-state index in [1.54, 1.807) is 12.1 Å². The Morgan fingerprint density at radius 2 is 1.95 bits per heavy atom. The van der Waals surface area contributed by atoms with Gasteiger partial charge in [-0.3, -0.25) is 0 Å². The van der Waals surface area contributed by atoms with E-state index in [1.807, 2.05) is 43.3 Å². The number of hydrogen-bond acceptors (Lipinski definition) is 3. The quantitative estimate of drug-likeness (QED) is 0.692. The minimum absolute atomic E-state index is 0.284. The normalized spacial score (nSPS) is 10.8. The molecule has 0 fully saturated rings. The highest BCUT2D eigenvalue weighted by Gasteiger charge is 2.04. The summed E-state index contributed by atoms with van der Waals surface area (Å²) in [5.74, 6) is 1.18. The summed E-state index contributed by atoms with van der Waals surface area (Å²) in [7, 11) is 0. The van der Waals surface area contributed by atoms with Crippen LogP contribution in [0.25, 0.3) is 11.0 Å². The lowest BCUT2D eigenvalue weighted by atomic mass is 10.2. The average Bonchev–Trinajstić information content (AvgIpc) is 2.80. The maximum absolute atomic E-state index is 9.37. The van der Waals surface area contributed by atoms with Gasteiger partial charge in [0.1, 0.15) is 17.1 Å². The first-order valence-electron chi connectivity index (χ1n) is 6.23. The predicted molar refractivity (Wildman–Crippen MR) is 76.4 cm³/mol. The molecular weight excluding hydrogens is 238 g/mol. The SMILES string of the molecule is Cc1cc(O)ccc1NCc1cc2ccccc2o1. The fourth-order valence-electron chi connectivity index (χ4n) is 2.15. The first kappa shape index (κ1) is 11.7. The molecule has 0 amide bonds. The van der Waals surface area contributed by atoms with Crippen LogP contribution in [-0.2, 0) is 6.54 Å². The Hall–Kier alpha value is -2.42. The highest BCUT2D eigenvalue weighted by Crippen LogP contribution is 2.23. The molecule has 0 saturated heterocycles. The summed E-state index contributed by atoms with van der Waals surface area (Å²) in [6, 6.07) is 15.3. The third-order valence-electron chi connectivity index (χ3n) is 3.14. The van der Waals surface area contributed by atoms with Gasteiger partial charge in [0, 0.05) is 11.1 Å². The van der Waals surface area contributed by atoms with Gasteiger partial charge in [0.15, 0.2) is 0 Å². The maximum Gasteiger partial charge on any atom is 0.134 e. The Balaban J connectivity index is 1.78. The second kappa shape index (κ2) is 4.69. The van der Waals surface area contributed by atoms with Crippen molar-refractivity contribution in [3.05, 3.63) is 59.9 Å². The summed E-state index contributed by atoms with van der Waals surface area (Å²) in [5, 5.41) is 13.8. The number of hydrogen-bond donors (Lipinski definition) is 2. The summed E-state index contributed by atoms with van der Waals surface area (Å²) in [5.41, 5.74) is 2.91. The smallest absolute Gasteiger partial charge is 0.134 e. The van der Waals surface area contributed by atoms with Gasteiger partial charge in [0.05, 0.1) is 6.54 Å². The van der Waals surface area contributed by atoms with E-state index in [9.17, 15) is 5.11 Å². The van der Waals surface area contributed by atoms with E-state index in [4.69, 9.17) is 4.42 Å². The molecule has 2 N–H and O–H groups in total. The Bertz CT molecular complexity index is 683. The number of aromatic hydroxyl groups is 1. The minimum atomic E-state index is 0.284. The molecule has 0 aliphatic rings. The molecule has 1 aromatic heterocycles. The van der Waals surface area contributed by atoms with Gasteiger partial charge in [0.2, 0.25) is 0 Å². The maximum atomic E-state index is 9.37. The fourth-order valence-corrected chi connectivity index (χ4v) is 2.15. The number of benzene rings is 2. The highest BCUT2D eigenvalue weighted by molar-refractivity contribution is 5.77. The van der Waals surface area contributed by atoms with Crippen LogP contribution in [0.1, 0.15) is 11.3 Å². The number of phenolic OH excluding ortho intramolecular Hbond substituents is 1. The van der Waals surface area contributed by atoms with Crippen LogP contribution in [-0.4, -0.2) is 5.11 Å². The molecule has 3 heteroatoms. The van der Waals surface area contributed by atoms with Gasteiger partial charge < -0.3 is 14.8 Å². The Kier molecular flexibility index (Phi) is 2.88. The van der Waals surface area contributed by atoms with Crippen LogP contribution in [0.5, 0.6) is 5.75 Å². The minimum Gasteiger partial charge on any atom is -0.508 e. The summed E-state index contributed by atoms with van der Waals surface area (Å²) in [6.07, 6.45) is 0. The van der Waals surface area contributed by atoms with Crippen LogP contribution in [0, 0.1) is 6.92 Å². The van der Waals surface area contributed by atoms with Gasteiger partial charge in [-0.2, -0.15) is 0 Å². The molecule has 3 rings (SSSR count). The molecule has 0 aliphatic carbocycles. The van der Waals surface area contributed by atoms with E-state index in [2.05, 4.69) is 5.32 Å². The van der Waals surface area contributed by atoms with Crippen LogP contribution < -0.4 is 5.32 Å². The second-order valence-corrected chi connectivity index (χ2v) is 4.60. The van der Waals surface area contributed by atoms with Crippen molar-refractivity contribution in [1.82, 2.24) is 0 Å². The van der Waals surface area contributed by atoms with Gasteiger partial charge in [0.25, 0.3) is 0 Å². The standard InChI is InChI=1S/C16H15NO2/c1-11-8-13(18)6-7-15(11)17-10-14-9-12-4-2-3-5-16(12)19-14/h2-9,17-18H,10H2,1H3. The Labute approximate surface area is 111 Å². The Morgan fingerprint density at radius 1 is 1.11 bits per heavy atom. The topological polar surface area (TPSA) is 45.4 Å². The molecule has 0 atom stereocenters. The van der Waals surface area contributed by atoms with Crippen molar-refractivity contribution in [3.63, 3.8) is 0 Å².